The molecule has 2 rings (SSSR count). The zero-order chi connectivity index (χ0) is 12.3. The second-order valence-electron chi connectivity index (χ2n) is 3.75. The second-order valence-corrected chi connectivity index (χ2v) is 3.75. The number of rotatable bonds is 4. The second kappa shape index (κ2) is 4.63. The highest BCUT2D eigenvalue weighted by atomic mass is 19.3. The maximum absolute atomic E-state index is 12.9. The van der Waals surface area contributed by atoms with E-state index in [2.05, 4.69) is 10.3 Å². The molecule has 2 N–H and O–H groups in total. The Kier molecular flexibility index (Phi) is 3.19. The summed E-state index contributed by atoms with van der Waals surface area (Å²) in [6.45, 7) is -1.81. The van der Waals surface area contributed by atoms with Crippen molar-refractivity contribution in [3.8, 4) is 0 Å². The minimum Gasteiger partial charge on any atom is -0.390 e. The first-order valence-electron chi connectivity index (χ1n) is 5.19. The van der Waals surface area contributed by atoms with Crippen LogP contribution in [0, 0.1) is 0 Å². The smallest absolute Gasteiger partial charge is 0.287 e. The lowest BCUT2D eigenvalue weighted by atomic mass is 10.1. The van der Waals surface area contributed by atoms with Gasteiger partial charge < -0.3 is 10.4 Å². The van der Waals surface area contributed by atoms with E-state index in [0.29, 0.717) is 5.82 Å². The van der Waals surface area contributed by atoms with Crippen LogP contribution in [0.1, 0.15) is 0 Å². The van der Waals surface area contributed by atoms with Gasteiger partial charge in [-0.3, -0.25) is 0 Å². The lowest BCUT2D eigenvalue weighted by molar-refractivity contribution is -0.0373. The zero-order valence-corrected chi connectivity index (χ0v) is 9.03. The average molecular weight is 238 g/mol. The monoisotopic (exact) mass is 238 g/mol. The van der Waals surface area contributed by atoms with Gasteiger partial charge in [0.15, 0.2) is 0 Å². The van der Waals surface area contributed by atoms with Crippen molar-refractivity contribution in [1.82, 2.24) is 4.98 Å². The molecular formula is C12H12F2N2O. The molecule has 0 aliphatic rings. The summed E-state index contributed by atoms with van der Waals surface area (Å²) in [6, 6.07) is 9.19. The Hall–Kier alpha value is -1.75. The van der Waals surface area contributed by atoms with E-state index in [9.17, 15) is 8.78 Å². The quantitative estimate of drug-likeness (QED) is 0.858. The van der Waals surface area contributed by atoms with Crippen molar-refractivity contribution in [1.29, 1.82) is 0 Å². The Morgan fingerprint density at radius 2 is 2.00 bits per heavy atom. The number of nitrogens with one attached hydrogen (secondary N) is 1. The number of benzene rings is 1. The van der Waals surface area contributed by atoms with Crippen LogP contribution in [-0.4, -0.2) is 29.2 Å². The fourth-order valence-corrected chi connectivity index (χ4v) is 1.53. The highest BCUT2D eigenvalue weighted by Gasteiger charge is 2.27. The molecule has 1 aromatic heterocycles. The SMILES string of the molecule is OCC(F)(F)CNc1nccc2ccccc12. The van der Waals surface area contributed by atoms with E-state index in [1.165, 1.54) is 0 Å². The number of fused-ring (bicyclic) bond motifs is 1. The minimum absolute atomic E-state index is 0.399. The van der Waals surface area contributed by atoms with Crippen LogP contribution in [0.25, 0.3) is 10.8 Å². The topological polar surface area (TPSA) is 45.1 Å². The van der Waals surface area contributed by atoms with Gasteiger partial charge in [0.1, 0.15) is 12.4 Å². The van der Waals surface area contributed by atoms with E-state index in [-0.39, 0.29) is 0 Å². The molecule has 0 aliphatic carbocycles. The number of anilines is 1. The van der Waals surface area contributed by atoms with Gasteiger partial charge in [-0.2, -0.15) is 0 Å². The first-order valence-corrected chi connectivity index (χ1v) is 5.19. The Morgan fingerprint density at radius 3 is 2.76 bits per heavy atom. The molecule has 0 amide bonds. The van der Waals surface area contributed by atoms with Crippen LogP contribution in [0.2, 0.25) is 0 Å². The van der Waals surface area contributed by atoms with Gasteiger partial charge in [-0.25, -0.2) is 13.8 Å². The Morgan fingerprint density at radius 1 is 1.24 bits per heavy atom. The van der Waals surface area contributed by atoms with Crippen molar-refractivity contribution >= 4 is 16.6 Å². The van der Waals surface area contributed by atoms with E-state index >= 15 is 0 Å². The number of alkyl halides is 2. The number of aliphatic hydroxyl groups is 1. The van der Waals surface area contributed by atoms with Crippen molar-refractivity contribution in [3.63, 3.8) is 0 Å². The minimum atomic E-state index is -3.14. The van der Waals surface area contributed by atoms with Crippen LogP contribution in [0.15, 0.2) is 36.5 Å². The summed E-state index contributed by atoms with van der Waals surface area (Å²) < 4.78 is 25.8. The van der Waals surface area contributed by atoms with Crippen LogP contribution in [-0.2, 0) is 0 Å². The molecule has 0 aliphatic heterocycles. The maximum Gasteiger partial charge on any atom is 0.287 e. The predicted molar refractivity (Wildman–Crippen MR) is 62.3 cm³/mol. The summed E-state index contributed by atoms with van der Waals surface area (Å²) in [4.78, 5) is 4.02. The third kappa shape index (κ3) is 2.68. The Bertz CT molecular complexity index is 511. The predicted octanol–water partition coefficient (Wildman–Crippen LogP) is 2.27. The molecule has 90 valence electrons. The van der Waals surface area contributed by atoms with Gasteiger partial charge in [-0.15, -0.1) is 0 Å². The van der Waals surface area contributed by atoms with Crippen molar-refractivity contribution in [2.45, 2.75) is 5.92 Å². The third-order valence-electron chi connectivity index (χ3n) is 2.42. The normalized spacial score (nSPS) is 11.7. The molecule has 0 saturated carbocycles. The molecule has 1 heterocycles. The number of halogens is 2. The van der Waals surface area contributed by atoms with Crippen LogP contribution < -0.4 is 5.32 Å². The molecule has 2 aromatic rings. The molecule has 5 heteroatoms. The molecular weight excluding hydrogens is 226 g/mol. The number of nitrogens with zero attached hydrogens (tertiary/aromatic N) is 1. The fourth-order valence-electron chi connectivity index (χ4n) is 1.53. The number of aromatic nitrogens is 1. The highest BCUT2D eigenvalue weighted by Crippen LogP contribution is 2.21. The summed E-state index contributed by atoms with van der Waals surface area (Å²) in [5.74, 6) is -2.74. The molecule has 0 saturated heterocycles. The van der Waals surface area contributed by atoms with Gasteiger partial charge in [0.25, 0.3) is 5.92 Å². The molecule has 0 unspecified atom stereocenters. The molecule has 1 aromatic carbocycles. The summed E-state index contributed by atoms with van der Waals surface area (Å²) in [5.41, 5.74) is 0. The summed E-state index contributed by atoms with van der Waals surface area (Å²) >= 11 is 0. The van der Waals surface area contributed by atoms with Crippen molar-refractivity contribution < 1.29 is 13.9 Å². The molecule has 0 spiro atoms. The van der Waals surface area contributed by atoms with Crippen molar-refractivity contribution in [3.05, 3.63) is 36.5 Å². The highest BCUT2D eigenvalue weighted by molar-refractivity contribution is 5.91. The molecule has 0 radical (unpaired) electrons. The Balaban J connectivity index is 2.24. The van der Waals surface area contributed by atoms with Gasteiger partial charge >= 0.3 is 0 Å². The molecule has 3 nitrogen and oxygen atoms in total. The van der Waals surface area contributed by atoms with E-state index in [4.69, 9.17) is 5.11 Å². The van der Waals surface area contributed by atoms with Crippen LogP contribution in [0.3, 0.4) is 0 Å². The lowest BCUT2D eigenvalue weighted by Gasteiger charge is -2.15. The van der Waals surface area contributed by atoms with E-state index in [1.54, 1.807) is 6.20 Å². The summed E-state index contributed by atoms with van der Waals surface area (Å²) in [7, 11) is 0. The molecule has 17 heavy (non-hydrogen) atoms. The van der Waals surface area contributed by atoms with Gasteiger partial charge in [0.05, 0.1) is 6.54 Å². The number of hydrogen-bond acceptors (Lipinski definition) is 3. The average Bonchev–Trinajstić information content (AvgIpc) is 2.36. The standard InChI is InChI=1S/C12H12F2N2O/c13-12(14,8-17)7-16-11-10-4-2-1-3-9(10)5-6-15-11/h1-6,17H,7-8H2,(H,15,16). The van der Waals surface area contributed by atoms with Crippen molar-refractivity contribution in [2.75, 3.05) is 18.5 Å². The first kappa shape index (κ1) is 11.7. The van der Waals surface area contributed by atoms with Gasteiger partial charge in [0.2, 0.25) is 0 Å². The van der Waals surface area contributed by atoms with Crippen LogP contribution >= 0.6 is 0 Å². The van der Waals surface area contributed by atoms with Crippen LogP contribution in [0.4, 0.5) is 14.6 Å². The molecule has 0 bridgehead atoms. The number of hydrogen-bond donors (Lipinski definition) is 2. The number of pyridine rings is 1. The van der Waals surface area contributed by atoms with Gasteiger partial charge in [-0.1, -0.05) is 24.3 Å². The van der Waals surface area contributed by atoms with Gasteiger partial charge in [0, 0.05) is 11.6 Å². The maximum atomic E-state index is 12.9. The van der Waals surface area contributed by atoms with E-state index in [0.717, 1.165) is 10.8 Å². The fraction of sp³-hybridized carbons (Fsp3) is 0.250. The lowest BCUT2D eigenvalue weighted by Crippen LogP contribution is -2.31. The third-order valence-corrected chi connectivity index (χ3v) is 2.42. The summed E-state index contributed by atoms with van der Waals surface area (Å²) in [5, 5.41) is 12.7. The zero-order valence-electron chi connectivity index (χ0n) is 9.03. The molecule has 0 fully saturated rings. The number of aliphatic hydroxyl groups excluding tert-OH is 1. The Labute approximate surface area is 97.1 Å². The largest absolute Gasteiger partial charge is 0.390 e. The van der Waals surface area contributed by atoms with Crippen molar-refractivity contribution in [2.24, 2.45) is 0 Å². The van der Waals surface area contributed by atoms with Crippen LogP contribution in [0.5, 0.6) is 0 Å². The summed E-state index contributed by atoms with van der Waals surface area (Å²) in [6.07, 6.45) is 1.56. The van der Waals surface area contributed by atoms with E-state index in [1.807, 2.05) is 30.3 Å². The van der Waals surface area contributed by atoms with E-state index < -0.39 is 19.1 Å². The van der Waals surface area contributed by atoms with Gasteiger partial charge in [-0.05, 0) is 11.5 Å². The molecule has 0 atom stereocenters. The first-order chi connectivity index (χ1) is 8.12.